The molecule has 1 aliphatic heterocycles. The highest BCUT2D eigenvalue weighted by Gasteiger charge is 2.33. The number of hydrogen-bond acceptors (Lipinski definition) is 3. The number of nitrogens with one attached hydrogen (secondary N) is 1. The summed E-state index contributed by atoms with van der Waals surface area (Å²) in [6.07, 6.45) is 2.53. The molecule has 1 N–H and O–H groups in total. The molecule has 96 valence electrons. The molecule has 1 saturated heterocycles. The molecule has 2 rings (SSSR count). The van der Waals surface area contributed by atoms with E-state index in [1.807, 2.05) is 11.3 Å². The maximum Gasteiger partial charge on any atom is 0.0479 e. The third-order valence-corrected chi connectivity index (χ3v) is 5.25. The normalized spacial score (nSPS) is 25.6. The first-order valence-corrected chi connectivity index (χ1v) is 8.04. The molecule has 1 aromatic rings. The van der Waals surface area contributed by atoms with Gasteiger partial charge in [-0.15, -0.1) is 11.3 Å². The number of rotatable bonds is 5. The molecule has 2 atom stereocenters. The SMILES string of the molecule is CCCNCC1CCN(C)C1c1cc(Br)cs1. The largest absolute Gasteiger partial charge is 0.316 e. The summed E-state index contributed by atoms with van der Waals surface area (Å²) in [4.78, 5) is 4.00. The summed E-state index contributed by atoms with van der Waals surface area (Å²) in [6.45, 7) is 5.74. The minimum Gasteiger partial charge on any atom is -0.316 e. The monoisotopic (exact) mass is 316 g/mol. The van der Waals surface area contributed by atoms with E-state index in [-0.39, 0.29) is 0 Å². The fraction of sp³-hybridized carbons (Fsp3) is 0.692. The van der Waals surface area contributed by atoms with Crippen LogP contribution in [0.25, 0.3) is 0 Å². The lowest BCUT2D eigenvalue weighted by molar-refractivity contribution is 0.276. The predicted octanol–water partition coefficient (Wildman–Crippen LogP) is 3.50. The van der Waals surface area contributed by atoms with Crippen LogP contribution in [-0.2, 0) is 0 Å². The molecule has 1 fully saturated rings. The summed E-state index contributed by atoms with van der Waals surface area (Å²) >= 11 is 5.44. The Labute approximate surface area is 117 Å². The van der Waals surface area contributed by atoms with Gasteiger partial charge in [-0.05, 0) is 67.4 Å². The average molecular weight is 317 g/mol. The zero-order valence-electron chi connectivity index (χ0n) is 10.6. The van der Waals surface area contributed by atoms with Crippen LogP contribution in [0.5, 0.6) is 0 Å². The van der Waals surface area contributed by atoms with E-state index in [0.29, 0.717) is 6.04 Å². The summed E-state index contributed by atoms with van der Waals surface area (Å²) in [5.74, 6) is 0.761. The Morgan fingerprint density at radius 2 is 2.41 bits per heavy atom. The minimum absolute atomic E-state index is 0.607. The smallest absolute Gasteiger partial charge is 0.0479 e. The third-order valence-electron chi connectivity index (χ3n) is 3.49. The number of hydrogen-bond donors (Lipinski definition) is 1. The molecule has 2 unspecified atom stereocenters. The third kappa shape index (κ3) is 3.31. The second-order valence-corrected chi connectivity index (χ2v) is 6.70. The topological polar surface area (TPSA) is 15.3 Å². The molecule has 17 heavy (non-hydrogen) atoms. The van der Waals surface area contributed by atoms with E-state index in [2.05, 4.69) is 51.6 Å². The van der Waals surface area contributed by atoms with Gasteiger partial charge < -0.3 is 5.32 Å². The van der Waals surface area contributed by atoms with Crippen LogP contribution in [0.3, 0.4) is 0 Å². The Hall–Kier alpha value is 0.1000. The average Bonchev–Trinajstić information content (AvgIpc) is 2.86. The van der Waals surface area contributed by atoms with Crippen LogP contribution in [0.4, 0.5) is 0 Å². The van der Waals surface area contributed by atoms with Gasteiger partial charge in [0, 0.05) is 20.8 Å². The molecule has 0 saturated carbocycles. The minimum atomic E-state index is 0.607. The van der Waals surface area contributed by atoms with Crippen LogP contribution in [0.1, 0.15) is 30.7 Å². The molecule has 0 aromatic carbocycles. The Morgan fingerprint density at radius 1 is 1.59 bits per heavy atom. The Balaban J connectivity index is 2.01. The first-order valence-electron chi connectivity index (χ1n) is 6.37. The predicted molar refractivity (Wildman–Crippen MR) is 78.7 cm³/mol. The number of likely N-dealkylation sites (tertiary alicyclic amines) is 1. The Kier molecular flexibility index (Phi) is 5.03. The summed E-state index contributed by atoms with van der Waals surface area (Å²) in [7, 11) is 2.25. The van der Waals surface area contributed by atoms with Crippen LogP contribution in [0.2, 0.25) is 0 Å². The summed E-state index contributed by atoms with van der Waals surface area (Å²) < 4.78 is 1.22. The van der Waals surface area contributed by atoms with Gasteiger partial charge in [0.25, 0.3) is 0 Å². The van der Waals surface area contributed by atoms with Gasteiger partial charge in [0.15, 0.2) is 0 Å². The van der Waals surface area contributed by atoms with E-state index in [1.54, 1.807) is 0 Å². The molecular weight excluding hydrogens is 296 g/mol. The van der Waals surface area contributed by atoms with Crippen molar-refractivity contribution >= 4 is 27.3 Å². The first kappa shape index (κ1) is 13.5. The molecule has 0 aliphatic carbocycles. The molecule has 0 spiro atoms. The summed E-state index contributed by atoms with van der Waals surface area (Å²) in [5.41, 5.74) is 0. The zero-order valence-corrected chi connectivity index (χ0v) is 13.0. The van der Waals surface area contributed by atoms with E-state index in [9.17, 15) is 0 Å². The quantitative estimate of drug-likeness (QED) is 0.836. The van der Waals surface area contributed by atoms with Gasteiger partial charge in [0.1, 0.15) is 0 Å². The molecular formula is C13H21BrN2S. The van der Waals surface area contributed by atoms with Crippen molar-refractivity contribution in [2.75, 3.05) is 26.7 Å². The van der Waals surface area contributed by atoms with Gasteiger partial charge in [-0.25, -0.2) is 0 Å². The van der Waals surface area contributed by atoms with E-state index in [4.69, 9.17) is 0 Å². The fourth-order valence-electron chi connectivity index (χ4n) is 2.64. The van der Waals surface area contributed by atoms with Gasteiger partial charge in [-0.3, -0.25) is 4.90 Å². The number of thiophene rings is 1. The van der Waals surface area contributed by atoms with Crippen molar-refractivity contribution in [2.24, 2.45) is 5.92 Å². The molecule has 2 nitrogen and oxygen atoms in total. The highest BCUT2D eigenvalue weighted by Crippen LogP contribution is 2.39. The molecule has 2 heterocycles. The van der Waals surface area contributed by atoms with Crippen molar-refractivity contribution in [1.82, 2.24) is 10.2 Å². The molecule has 1 aliphatic rings. The number of nitrogens with zero attached hydrogens (tertiary/aromatic N) is 1. The second-order valence-electron chi connectivity index (χ2n) is 4.85. The molecule has 4 heteroatoms. The molecule has 0 amide bonds. The second kappa shape index (κ2) is 6.32. The first-order chi connectivity index (χ1) is 8.22. The summed E-state index contributed by atoms with van der Waals surface area (Å²) in [5, 5.41) is 5.76. The highest BCUT2D eigenvalue weighted by atomic mass is 79.9. The maximum atomic E-state index is 3.57. The van der Waals surface area contributed by atoms with Crippen molar-refractivity contribution in [1.29, 1.82) is 0 Å². The Morgan fingerprint density at radius 3 is 3.06 bits per heavy atom. The van der Waals surface area contributed by atoms with Crippen molar-refractivity contribution in [3.05, 3.63) is 20.8 Å². The molecule has 1 aromatic heterocycles. The van der Waals surface area contributed by atoms with Crippen molar-refractivity contribution in [3.63, 3.8) is 0 Å². The standard InChI is InChI=1S/C13H21BrN2S/c1-3-5-15-8-10-4-6-16(2)13(10)12-7-11(14)9-17-12/h7,9-10,13,15H,3-6,8H2,1-2H3. The van der Waals surface area contributed by atoms with Gasteiger partial charge in [0.2, 0.25) is 0 Å². The van der Waals surface area contributed by atoms with Crippen molar-refractivity contribution in [2.45, 2.75) is 25.8 Å². The molecule has 0 radical (unpaired) electrons. The van der Waals surface area contributed by atoms with Gasteiger partial charge >= 0.3 is 0 Å². The van der Waals surface area contributed by atoms with E-state index in [0.717, 1.165) is 19.0 Å². The van der Waals surface area contributed by atoms with Crippen LogP contribution in [0.15, 0.2) is 15.9 Å². The lowest BCUT2D eigenvalue weighted by Gasteiger charge is -2.24. The van der Waals surface area contributed by atoms with Gasteiger partial charge in [-0.2, -0.15) is 0 Å². The van der Waals surface area contributed by atoms with Gasteiger partial charge in [-0.1, -0.05) is 6.92 Å². The van der Waals surface area contributed by atoms with Gasteiger partial charge in [0.05, 0.1) is 0 Å². The zero-order chi connectivity index (χ0) is 12.3. The van der Waals surface area contributed by atoms with Crippen LogP contribution in [0, 0.1) is 5.92 Å². The van der Waals surface area contributed by atoms with Crippen molar-refractivity contribution < 1.29 is 0 Å². The van der Waals surface area contributed by atoms with E-state index < -0.39 is 0 Å². The summed E-state index contributed by atoms with van der Waals surface area (Å²) in [6, 6.07) is 2.89. The fourth-order valence-corrected chi connectivity index (χ4v) is 4.34. The lowest BCUT2D eigenvalue weighted by atomic mass is 9.99. The highest BCUT2D eigenvalue weighted by molar-refractivity contribution is 9.10. The number of halogens is 1. The van der Waals surface area contributed by atoms with Crippen molar-refractivity contribution in [3.8, 4) is 0 Å². The van der Waals surface area contributed by atoms with E-state index in [1.165, 1.54) is 28.7 Å². The van der Waals surface area contributed by atoms with Crippen LogP contribution < -0.4 is 5.32 Å². The maximum absolute atomic E-state index is 3.57. The van der Waals surface area contributed by atoms with E-state index >= 15 is 0 Å². The van der Waals surface area contributed by atoms with Crippen LogP contribution in [-0.4, -0.2) is 31.6 Å². The lowest BCUT2D eigenvalue weighted by Crippen LogP contribution is -2.28. The molecule has 0 bridgehead atoms. The van der Waals surface area contributed by atoms with Crippen LogP contribution >= 0.6 is 27.3 Å². The Bertz CT molecular complexity index is 353.